The quantitative estimate of drug-likeness (QED) is 0.881. The summed E-state index contributed by atoms with van der Waals surface area (Å²) in [6.07, 6.45) is 5.29. The predicted molar refractivity (Wildman–Crippen MR) is 71.9 cm³/mol. The lowest BCUT2D eigenvalue weighted by Gasteiger charge is -2.16. The second kappa shape index (κ2) is 5.61. The second-order valence-corrected chi connectivity index (χ2v) is 5.65. The van der Waals surface area contributed by atoms with E-state index in [0.29, 0.717) is 10.9 Å². The van der Waals surface area contributed by atoms with Gasteiger partial charge in [0.2, 0.25) is 0 Å². The number of carbonyl (C=O) groups is 1. The zero-order valence-electron chi connectivity index (χ0n) is 10.1. The van der Waals surface area contributed by atoms with E-state index in [1.807, 2.05) is 11.8 Å². The Labute approximate surface area is 110 Å². The van der Waals surface area contributed by atoms with Crippen LogP contribution in [-0.4, -0.2) is 28.6 Å². The Bertz CT molecular complexity index is 453. The van der Waals surface area contributed by atoms with E-state index in [4.69, 9.17) is 5.11 Å². The normalized spacial score (nSPS) is 23.0. The Morgan fingerprint density at radius 3 is 2.89 bits per heavy atom. The number of rotatable bonds is 4. The fourth-order valence-corrected chi connectivity index (χ4v) is 3.12. The van der Waals surface area contributed by atoms with Crippen LogP contribution in [0.5, 0.6) is 0 Å². The van der Waals surface area contributed by atoms with Crippen LogP contribution >= 0.6 is 11.8 Å². The van der Waals surface area contributed by atoms with Gasteiger partial charge in [0.15, 0.2) is 0 Å². The number of aromatic carboxylic acids is 1. The number of carboxylic acid groups (broad SMARTS) is 1. The lowest BCUT2D eigenvalue weighted by molar-refractivity contribution is 0.0697. The molecule has 0 radical (unpaired) electrons. The zero-order valence-corrected chi connectivity index (χ0v) is 11.0. The van der Waals surface area contributed by atoms with Gasteiger partial charge in [-0.1, -0.05) is 0 Å². The molecule has 1 aliphatic rings. The molecule has 1 fully saturated rings. The van der Waals surface area contributed by atoms with Crippen LogP contribution in [0.25, 0.3) is 0 Å². The lowest BCUT2D eigenvalue weighted by Crippen LogP contribution is -2.18. The van der Waals surface area contributed by atoms with Crippen LogP contribution in [0.3, 0.4) is 0 Å². The standard InChI is InChI=1S/C13H16FNO2S/c1-18-10-4-3-9(7-10)15-12-5-2-8(14)6-11(12)13(16)17/h2,5-6,9-10,15H,3-4,7H2,1H3,(H,16,17). The molecular weight excluding hydrogens is 253 g/mol. The van der Waals surface area contributed by atoms with E-state index < -0.39 is 11.8 Å². The number of halogens is 1. The second-order valence-electron chi connectivity index (χ2n) is 4.51. The van der Waals surface area contributed by atoms with Crippen LogP contribution in [0.15, 0.2) is 18.2 Å². The number of hydrogen-bond acceptors (Lipinski definition) is 3. The van der Waals surface area contributed by atoms with Gasteiger partial charge in [-0.3, -0.25) is 0 Å². The molecule has 3 nitrogen and oxygen atoms in total. The van der Waals surface area contributed by atoms with Crippen molar-refractivity contribution in [1.82, 2.24) is 0 Å². The van der Waals surface area contributed by atoms with E-state index in [2.05, 4.69) is 11.6 Å². The molecule has 0 heterocycles. The SMILES string of the molecule is CSC1CCC(Nc2ccc(F)cc2C(=O)O)C1. The molecule has 1 saturated carbocycles. The van der Waals surface area contributed by atoms with Crippen LogP contribution in [0.2, 0.25) is 0 Å². The molecule has 1 aromatic rings. The highest BCUT2D eigenvalue weighted by Gasteiger charge is 2.25. The molecule has 2 unspecified atom stereocenters. The summed E-state index contributed by atoms with van der Waals surface area (Å²) >= 11 is 1.84. The topological polar surface area (TPSA) is 49.3 Å². The number of anilines is 1. The van der Waals surface area contributed by atoms with E-state index >= 15 is 0 Å². The van der Waals surface area contributed by atoms with Gasteiger partial charge >= 0.3 is 5.97 Å². The van der Waals surface area contributed by atoms with Gasteiger partial charge in [0.1, 0.15) is 5.82 Å². The van der Waals surface area contributed by atoms with E-state index in [9.17, 15) is 9.18 Å². The van der Waals surface area contributed by atoms with Crippen LogP contribution in [0.1, 0.15) is 29.6 Å². The van der Waals surface area contributed by atoms with Crippen molar-refractivity contribution in [1.29, 1.82) is 0 Å². The monoisotopic (exact) mass is 269 g/mol. The molecule has 98 valence electrons. The molecule has 0 bridgehead atoms. The fraction of sp³-hybridized carbons (Fsp3) is 0.462. The summed E-state index contributed by atoms with van der Waals surface area (Å²) < 4.78 is 13.0. The van der Waals surface area contributed by atoms with Crippen molar-refractivity contribution in [2.75, 3.05) is 11.6 Å². The molecule has 1 aromatic carbocycles. The van der Waals surface area contributed by atoms with E-state index in [0.717, 1.165) is 25.3 Å². The number of hydrogen-bond donors (Lipinski definition) is 2. The van der Waals surface area contributed by atoms with Gasteiger partial charge in [0.05, 0.1) is 5.56 Å². The van der Waals surface area contributed by atoms with Crippen LogP contribution in [0.4, 0.5) is 10.1 Å². The lowest BCUT2D eigenvalue weighted by atomic mass is 10.1. The van der Waals surface area contributed by atoms with E-state index in [1.165, 1.54) is 12.1 Å². The highest BCUT2D eigenvalue weighted by Crippen LogP contribution is 2.31. The molecule has 0 spiro atoms. The van der Waals surface area contributed by atoms with Crippen molar-refractivity contribution in [3.8, 4) is 0 Å². The third kappa shape index (κ3) is 2.96. The molecule has 2 N–H and O–H groups in total. The minimum Gasteiger partial charge on any atom is -0.478 e. The minimum atomic E-state index is -1.10. The first-order chi connectivity index (χ1) is 8.60. The largest absolute Gasteiger partial charge is 0.478 e. The van der Waals surface area contributed by atoms with Crippen molar-refractivity contribution in [3.63, 3.8) is 0 Å². The first kappa shape index (κ1) is 13.2. The molecule has 0 saturated heterocycles. The van der Waals surface area contributed by atoms with Crippen molar-refractivity contribution in [2.24, 2.45) is 0 Å². The smallest absolute Gasteiger partial charge is 0.337 e. The Morgan fingerprint density at radius 2 is 2.28 bits per heavy atom. The molecule has 2 rings (SSSR count). The van der Waals surface area contributed by atoms with Gasteiger partial charge in [0.25, 0.3) is 0 Å². The highest BCUT2D eigenvalue weighted by atomic mass is 32.2. The van der Waals surface area contributed by atoms with Gasteiger partial charge in [-0.25, -0.2) is 9.18 Å². The third-order valence-corrected chi connectivity index (χ3v) is 4.38. The maximum Gasteiger partial charge on any atom is 0.337 e. The van der Waals surface area contributed by atoms with Gasteiger partial charge in [-0.15, -0.1) is 0 Å². The first-order valence-electron chi connectivity index (χ1n) is 5.92. The highest BCUT2D eigenvalue weighted by molar-refractivity contribution is 7.99. The number of carboxylic acids is 1. The molecule has 1 aliphatic carbocycles. The summed E-state index contributed by atoms with van der Waals surface area (Å²) in [5.74, 6) is -1.62. The maximum atomic E-state index is 13.0. The third-order valence-electron chi connectivity index (χ3n) is 3.29. The molecule has 2 atom stereocenters. The van der Waals surface area contributed by atoms with Crippen molar-refractivity contribution in [3.05, 3.63) is 29.6 Å². The van der Waals surface area contributed by atoms with Gasteiger partial charge < -0.3 is 10.4 Å². The summed E-state index contributed by atoms with van der Waals surface area (Å²) in [4.78, 5) is 11.1. The van der Waals surface area contributed by atoms with E-state index in [1.54, 1.807) is 0 Å². The summed E-state index contributed by atoms with van der Waals surface area (Å²) in [6, 6.07) is 4.14. The molecular formula is C13H16FNO2S. The Balaban J connectivity index is 2.12. The fourth-order valence-electron chi connectivity index (χ4n) is 2.32. The first-order valence-corrected chi connectivity index (χ1v) is 7.21. The van der Waals surface area contributed by atoms with Crippen molar-refractivity contribution in [2.45, 2.75) is 30.6 Å². The predicted octanol–water partition coefficient (Wildman–Crippen LogP) is 3.22. The van der Waals surface area contributed by atoms with Crippen molar-refractivity contribution >= 4 is 23.4 Å². The molecule has 5 heteroatoms. The summed E-state index contributed by atoms with van der Waals surface area (Å²) in [5.41, 5.74) is 0.512. The number of nitrogens with one attached hydrogen (secondary N) is 1. The Kier molecular flexibility index (Phi) is 4.11. The van der Waals surface area contributed by atoms with Crippen molar-refractivity contribution < 1.29 is 14.3 Å². The minimum absolute atomic E-state index is 0.00241. The zero-order chi connectivity index (χ0) is 13.1. The molecule has 0 amide bonds. The van der Waals surface area contributed by atoms with Gasteiger partial charge in [-0.05, 0) is 43.7 Å². The Morgan fingerprint density at radius 1 is 1.50 bits per heavy atom. The molecule has 0 aliphatic heterocycles. The number of benzene rings is 1. The van der Waals surface area contributed by atoms with Gasteiger partial charge in [-0.2, -0.15) is 11.8 Å². The Hall–Kier alpha value is -1.23. The molecule has 18 heavy (non-hydrogen) atoms. The summed E-state index contributed by atoms with van der Waals surface area (Å²) in [5, 5.41) is 12.9. The summed E-state index contributed by atoms with van der Waals surface area (Å²) in [7, 11) is 0. The maximum absolute atomic E-state index is 13.0. The molecule has 0 aromatic heterocycles. The average Bonchev–Trinajstić information content (AvgIpc) is 2.79. The average molecular weight is 269 g/mol. The van der Waals surface area contributed by atoms with Gasteiger partial charge in [0, 0.05) is 17.0 Å². The van der Waals surface area contributed by atoms with E-state index in [-0.39, 0.29) is 11.6 Å². The van der Waals surface area contributed by atoms with Crippen LogP contribution in [0, 0.1) is 5.82 Å². The number of thioether (sulfide) groups is 1. The van der Waals surface area contributed by atoms with Crippen LogP contribution in [-0.2, 0) is 0 Å². The summed E-state index contributed by atoms with van der Waals surface area (Å²) in [6.45, 7) is 0. The van der Waals surface area contributed by atoms with Crippen LogP contribution < -0.4 is 5.32 Å².